The average Bonchev–Trinajstić information content (AvgIpc) is 2.91. The van der Waals surface area contributed by atoms with E-state index in [-0.39, 0.29) is 12.1 Å². The van der Waals surface area contributed by atoms with Gasteiger partial charge in [-0.15, -0.1) is 0 Å². The molecule has 0 spiro atoms. The average molecular weight is 296 g/mol. The molecule has 0 aliphatic heterocycles. The Balaban J connectivity index is 2.22. The van der Waals surface area contributed by atoms with Crippen LogP contribution in [-0.4, -0.2) is 6.04 Å². The van der Waals surface area contributed by atoms with E-state index in [1.54, 1.807) is 11.3 Å². The predicted octanol–water partition coefficient (Wildman–Crippen LogP) is 4.43. The third-order valence-corrected chi connectivity index (χ3v) is 4.08. The van der Waals surface area contributed by atoms with E-state index < -0.39 is 0 Å². The topological polar surface area (TPSA) is 35.2 Å². The second-order valence-electron chi connectivity index (χ2n) is 4.56. The summed E-state index contributed by atoms with van der Waals surface area (Å²) in [6.07, 6.45) is 0.759. The highest BCUT2D eigenvalue weighted by atomic mass is 35.5. The lowest BCUT2D eigenvalue weighted by Crippen LogP contribution is -2.28. The number of hydrogen-bond acceptors (Lipinski definition) is 3. The van der Waals surface area contributed by atoms with Crippen LogP contribution in [0, 0.1) is 0 Å². The predicted molar refractivity (Wildman–Crippen MR) is 82.2 cm³/mol. The Hall–Kier alpha value is -1.03. The van der Waals surface area contributed by atoms with Gasteiger partial charge in [0.05, 0.1) is 0 Å². The van der Waals surface area contributed by atoms with E-state index >= 15 is 0 Å². The number of benzene rings is 1. The Morgan fingerprint density at radius 1 is 1.37 bits per heavy atom. The molecule has 0 aliphatic rings. The van der Waals surface area contributed by atoms with E-state index in [1.165, 1.54) is 0 Å². The first-order chi connectivity index (χ1) is 9.11. The monoisotopic (exact) mass is 295 g/mol. The van der Waals surface area contributed by atoms with Crippen molar-refractivity contribution in [2.45, 2.75) is 32.4 Å². The third-order valence-electron chi connectivity index (χ3n) is 3.01. The number of nitrogens with two attached hydrogens (primary N) is 1. The minimum absolute atomic E-state index is 0.0737. The number of aryl methyl sites for hydroxylation is 1. The van der Waals surface area contributed by atoms with Crippen molar-refractivity contribution in [1.82, 2.24) is 0 Å². The molecule has 0 saturated carbocycles. The molecule has 2 nitrogen and oxygen atoms in total. The zero-order valence-corrected chi connectivity index (χ0v) is 12.7. The maximum atomic E-state index is 6.12. The highest BCUT2D eigenvalue weighted by Gasteiger charge is 2.19. The molecule has 0 aliphatic carbocycles. The highest BCUT2D eigenvalue weighted by Crippen LogP contribution is 2.29. The van der Waals surface area contributed by atoms with Crippen LogP contribution in [0.4, 0.5) is 0 Å². The van der Waals surface area contributed by atoms with Crippen LogP contribution in [0.3, 0.4) is 0 Å². The van der Waals surface area contributed by atoms with Crippen LogP contribution < -0.4 is 10.5 Å². The van der Waals surface area contributed by atoms with Crippen molar-refractivity contribution in [2.24, 2.45) is 5.73 Å². The molecule has 102 valence electrons. The lowest BCUT2D eigenvalue weighted by atomic mass is 10.1. The second-order valence-corrected chi connectivity index (χ2v) is 5.75. The van der Waals surface area contributed by atoms with E-state index in [4.69, 9.17) is 22.1 Å². The maximum absolute atomic E-state index is 6.12. The summed E-state index contributed by atoms with van der Waals surface area (Å²) >= 11 is 7.77. The van der Waals surface area contributed by atoms with Gasteiger partial charge in [0, 0.05) is 16.6 Å². The number of hydrogen-bond donors (Lipinski definition) is 1. The van der Waals surface area contributed by atoms with Gasteiger partial charge >= 0.3 is 0 Å². The van der Waals surface area contributed by atoms with E-state index in [0.29, 0.717) is 0 Å². The first-order valence-electron chi connectivity index (χ1n) is 6.34. The summed E-state index contributed by atoms with van der Waals surface area (Å²) in [5.41, 5.74) is 8.24. The standard InChI is InChI=1S/C15H18ClNOS/c1-3-11-8-13(4-5-14(11)16)18-15(10(2)17)12-6-7-19-9-12/h4-10,15H,3,17H2,1-2H3. The van der Waals surface area contributed by atoms with Crippen molar-refractivity contribution in [3.8, 4) is 5.75 Å². The van der Waals surface area contributed by atoms with Gasteiger partial charge in [-0.2, -0.15) is 11.3 Å². The second kappa shape index (κ2) is 6.42. The molecule has 2 atom stereocenters. The van der Waals surface area contributed by atoms with Crippen LogP contribution >= 0.6 is 22.9 Å². The number of rotatable bonds is 5. The number of ether oxygens (including phenoxy) is 1. The Bertz CT molecular complexity index is 525. The molecule has 0 radical (unpaired) electrons. The summed E-state index contributed by atoms with van der Waals surface area (Å²) in [6.45, 7) is 4.03. The van der Waals surface area contributed by atoms with E-state index in [1.807, 2.05) is 30.5 Å². The van der Waals surface area contributed by atoms with Crippen molar-refractivity contribution in [3.63, 3.8) is 0 Å². The summed E-state index contributed by atoms with van der Waals surface area (Å²) in [4.78, 5) is 0. The van der Waals surface area contributed by atoms with Gasteiger partial charge < -0.3 is 10.5 Å². The van der Waals surface area contributed by atoms with E-state index in [9.17, 15) is 0 Å². The molecule has 2 unspecified atom stereocenters. The summed E-state index contributed by atoms with van der Waals surface area (Å²) in [5, 5.41) is 4.89. The van der Waals surface area contributed by atoms with Gasteiger partial charge in [0.1, 0.15) is 11.9 Å². The lowest BCUT2D eigenvalue weighted by Gasteiger charge is -2.22. The maximum Gasteiger partial charge on any atom is 0.139 e. The van der Waals surface area contributed by atoms with E-state index in [2.05, 4.69) is 18.4 Å². The van der Waals surface area contributed by atoms with Gasteiger partial charge in [0.2, 0.25) is 0 Å². The summed E-state index contributed by atoms with van der Waals surface area (Å²) in [7, 11) is 0. The first-order valence-corrected chi connectivity index (χ1v) is 7.66. The molecule has 2 N–H and O–H groups in total. The molecule has 0 fully saturated rings. The number of halogens is 1. The highest BCUT2D eigenvalue weighted by molar-refractivity contribution is 7.07. The quantitative estimate of drug-likeness (QED) is 0.885. The zero-order valence-electron chi connectivity index (χ0n) is 11.1. The molecule has 0 saturated heterocycles. The molecular weight excluding hydrogens is 278 g/mol. The van der Waals surface area contributed by atoms with Crippen LogP contribution in [0.5, 0.6) is 5.75 Å². The lowest BCUT2D eigenvalue weighted by molar-refractivity contribution is 0.181. The fourth-order valence-corrected chi connectivity index (χ4v) is 2.89. The van der Waals surface area contributed by atoms with Crippen molar-refractivity contribution in [3.05, 3.63) is 51.2 Å². The van der Waals surface area contributed by atoms with Crippen molar-refractivity contribution >= 4 is 22.9 Å². The Kier molecular flexibility index (Phi) is 4.86. The minimum Gasteiger partial charge on any atom is -0.484 e. The fraction of sp³-hybridized carbons (Fsp3) is 0.333. The van der Waals surface area contributed by atoms with E-state index in [0.717, 1.165) is 28.3 Å². The Labute approximate surface area is 123 Å². The fourth-order valence-electron chi connectivity index (χ4n) is 1.96. The zero-order chi connectivity index (χ0) is 13.8. The smallest absolute Gasteiger partial charge is 0.139 e. The van der Waals surface area contributed by atoms with Gasteiger partial charge in [-0.3, -0.25) is 0 Å². The van der Waals surface area contributed by atoms with Crippen LogP contribution in [0.2, 0.25) is 5.02 Å². The van der Waals surface area contributed by atoms with Crippen LogP contribution in [0.15, 0.2) is 35.0 Å². The van der Waals surface area contributed by atoms with Crippen molar-refractivity contribution < 1.29 is 4.74 Å². The normalized spacial score (nSPS) is 14.1. The summed E-state index contributed by atoms with van der Waals surface area (Å²) in [5.74, 6) is 0.815. The molecule has 1 aromatic heterocycles. The summed E-state index contributed by atoms with van der Waals surface area (Å²) in [6, 6.07) is 7.74. The molecule has 2 aromatic rings. The van der Waals surface area contributed by atoms with Crippen LogP contribution in [-0.2, 0) is 6.42 Å². The van der Waals surface area contributed by atoms with Gasteiger partial charge in [0.25, 0.3) is 0 Å². The Morgan fingerprint density at radius 2 is 2.16 bits per heavy atom. The van der Waals surface area contributed by atoms with Gasteiger partial charge in [-0.1, -0.05) is 18.5 Å². The third kappa shape index (κ3) is 3.50. The molecule has 19 heavy (non-hydrogen) atoms. The molecule has 1 heterocycles. The first kappa shape index (κ1) is 14.4. The van der Waals surface area contributed by atoms with Gasteiger partial charge in [-0.05, 0) is 53.9 Å². The minimum atomic E-state index is -0.128. The molecule has 2 rings (SSSR count). The molecule has 4 heteroatoms. The molecule has 1 aromatic carbocycles. The Morgan fingerprint density at radius 3 is 2.74 bits per heavy atom. The summed E-state index contributed by atoms with van der Waals surface area (Å²) < 4.78 is 6.04. The molecule has 0 bridgehead atoms. The van der Waals surface area contributed by atoms with Crippen LogP contribution in [0.25, 0.3) is 0 Å². The van der Waals surface area contributed by atoms with Gasteiger partial charge in [0.15, 0.2) is 0 Å². The molecular formula is C15H18ClNOS. The SMILES string of the molecule is CCc1cc(OC(c2ccsc2)C(C)N)ccc1Cl. The number of thiophene rings is 1. The van der Waals surface area contributed by atoms with Crippen molar-refractivity contribution in [2.75, 3.05) is 0 Å². The largest absolute Gasteiger partial charge is 0.484 e. The van der Waals surface area contributed by atoms with Gasteiger partial charge in [-0.25, -0.2) is 0 Å². The molecule has 0 amide bonds. The van der Waals surface area contributed by atoms with Crippen molar-refractivity contribution in [1.29, 1.82) is 0 Å². The van der Waals surface area contributed by atoms with Crippen LogP contribution in [0.1, 0.15) is 31.1 Å².